The van der Waals surface area contributed by atoms with Gasteiger partial charge < -0.3 is 5.32 Å². The number of hydrogen-bond donors (Lipinski definition) is 1. The lowest BCUT2D eigenvalue weighted by atomic mass is 9.96. The molecule has 0 saturated carbocycles. The Labute approximate surface area is 162 Å². The van der Waals surface area contributed by atoms with Gasteiger partial charge in [0.05, 0.1) is 0 Å². The predicted molar refractivity (Wildman–Crippen MR) is 106 cm³/mol. The van der Waals surface area contributed by atoms with E-state index in [9.17, 15) is 4.79 Å². The Kier molecular flexibility index (Phi) is 5.60. The van der Waals surface area contributed by atoms with Crippen LogP contribution < -0.4 is 5.32 Å². The lowest BCUT2D eigenvalue weighted by Crippen LogP contribution is -2.38. The van der Waals surface area contributed by atoms with Gasteiger partial charge in [0.15, 0.2) is 5.82 Å². The molecular weight excluding hydrogens is 358 g/mol. The van der Waals surface area contributed by atoms with Gasteiger partial charge >= 0.3 is 0 Å². The Morgan fingerprint density at radius 2 is 2.07 bits per heavy atom. The summed E-state index contributed by atoms with van der Waals surface area (Å²) < 4.78 is 1.65. The zero-order valence-electron chi connectivity index (χ0n) is 15.1. The van der Waals surface area contributed by atoms with E-state index >= 15 is 0 Å². The zero-order valence-corrected chi connectivity index (χ0v) is 15.9. The van der Waals surface area contributed by atoms with Gasteiger partial charge in [-0.1, -0.05) is 12.1 Å². The Hall–Kier alpha value is -2.51. The van der Waals surface area contributed by atoms with Gasteiger partial charge in [0.1, 0.15) is 5.69 Å². The second kappa shape index (κ2) is 8.45. The lowest BCUT2D eigenvalue weighted by Gasteiger charge is -2.31. The molecular formula is C20H23N5OS. The topological polar surface area (TPSA) is 63.1 Å². The number of nitrogens with zero attached hydrogens (tertiary/aromatic N) is 4. The first-order valence-corrected chi connectivity index (χ1v) is 10.2. The number of hydrogen-bond acceptors (Lipinski definition) is 5. The highest BCUT2D eigenvalue weighted by Crippen LogP contribution is 2.20. The Morgan fingerprint density at radius 1 is 1.19 bits per heavy atom. The molecule has 1 aliphatic heterocycles. The molecule has 0 unspecified atom stereocenters. The monoisotopic (exact) mass is 381 g/mol. The first kappa shape index (κ1) is 17.9. The maximum Gasteiger partial charge on any atom is 0.269 e. The molecule has 1 amide bonds. The third-order valence-electron chi connectivity index (χ3n) is 4.92. The van der Waals surface area contributed by atoms with Crippen molar-refractivity contribution in [2.45, 2.75) is 19.4 Å². The molecule has 1 fully saturated rings. The molecule has 1 N–H and O–H groups in total. The van der Waals surface area contributed by atoms with E-state index in [1.165, 1.54) is 4.88 Å². The summed E-state index contributed by atoms with van der Waals surface area (Å²) in [6.45, 7) is 3.93. The summed E-state index contributed by atoms with van der Waals surface area (Å²) in [5.41, 5.74) is 0.429. The van der Waals surface area contributed by atoms with Crippen LogP contribution in [0.1, 0.15) is 28.2 Å². The summed E-state index contributed by atoms with van der Waals surface area (Å²) in [7, 11) is 0. The van der Waals surface area contributed by atoms with Crippen LogP contribution in [-0.2, 0) is 6.54 Å². The molecule has 1 saturated heterocycles. The highest BCUT2D eigenvalue weighted by Gasteiger charge is 2.20. The largest absolute Gasteiger partial charge is 0.350 e. The standard InChI is InChI=1S/C20H23N5OS/c26-20(18-5-1-6-19(23-18)25-10-3-9-22-25)21-14-16-7-11-24(12-8-16)15-17-4-2-13-27-17/h1-6,9-10,13,16H,7-8,11-12,14-15H2,(H,21,26). The van der Waals surface area contributed by atoms with Crippen molar-refractivity contribution in [1.29, 1.82) is 0 Å². The number of rotatable bonds is 6. The van der Waals surface area contributed by atoms with Crippen LogP contribution in [0.4, 0.5) is 0 Å². The number of aromatic nitrogens is 3. The van der Waals surface area contributed by atoms with Gasteiger partial charge in [0.25, 0.3) is 5.91 Å². The Balaban J connectivity index is 1.26. The number of thiophene rings is 1. The molecule has 0 atom stereocenters. The number of amides is 1. The Bertz CT molecular complexity index is 854. The second-order valence-corrected chi connectivity index (χ2v) is 7.87. The van der Waals surface area contributed by atoms with Crippen molar-refractivity contribution in [3.8, 4) is 5.82 Å². The van der Waals surface area contributed by atoms with Crippen molar-refractivity contribution >= 4 is 17.2 Å². The van der Waals surface area contributed by atoms with Crippen molar-refractivity contribution < 1.29 is 4.79 Å². The van der Waals surface area contributed by atoms with Crippen LogP contribution in [0.2, 0.25) is 0 Å². The minimum Gasteiger partial charge on any atom is -0.350 e. The van der Waals surface area contributed by atoms with E-state index in [-0.39, 0.29) is 5.91 Å². The fourth-order valence-electron chi connectivity index (χ4n) is 3.38. The predicted octanol–water partition coefficient (Wildman–Crippen LogP) is 2.97. The molecule has 7 heteroatoms. The minimum absolute atomic E-state index is 0.120. The molecule has 0 spiro atoms. The number of nitrogens with one attached hydrogen (secondary N) is 1. The van der Waals surface area contributed by atoms with Gasteiger partial charge in [0.2, 0.25) is 0 Å². The van der Waals surface area contributed by atoms with Crippen molar-refractivity contribution in [2.75, 3.05) is 19.6 Å². The van der Waals surface area contributed by atoms with Crippen LogP contribution in [-0.4, -0.2) is 45.2 Å². The summed E-state index contributed by atoms with van der Waals surface area (Å²) in [4.78, 5) is 20.8. The van der Waals surface area contributed by atoms with Crippen LogP contribution in [0.15, 0.2) is 54.2 Å². The maximum atomic E-state index is 12.5. The number of carbonyl (C=O) groups excluding carboxylic acids is 1. The first-order valence-electron chi connectivity index (χ1n) is 9.28. The number of pyridine rings is 1. The highest BCUT2D eigenvalue weighted by molar-refractivity contribution is 7.09. The minimum atomic E-state index is -0.120. The van der Waals surface area contributed by atoms with Crippen LogP contribution in [0.5, 0.6) is 0 Å². The van der Waals surface area contributed by atoms with Crippen LogP contribution in [0, 0.1) is 5.92 Å². The van der Waals surface area contributed by atoms with Gasteiger partial charge in [-0.05, 0) is 61.5 Å². The van der Waals surface area contributed by atoms with E-state index in [0.29, 0.717) is 24.0 Å². The first-order chi connectivity index (χ1) is 13.3. The summed E-state index contributed by atoms with van der Waals surface area (Å²) in [5, 5.41) is 9.34. The lowest BCUT2D eigenvalue weighted by molar-refractivity contribution is 0.0930. The van der Waals surface area contributed by atoms with E-state index < -0.39 is 0 Å². The van der Waals surface area contributed by atoms with Gasteiger partial charge in [-0.2, -0.15) is 5.10 Å². The highest BCUT2D eigenvalue weighted by atomic mass is 32.1. The van der Waals surface area contributed by atoms with Crippen LogP contribution >= 0.6 is 11.3 Å². The molecule has 4 heterocycles. The molecule has 0 aliphatic carbocycles. The second-order valence-electron chi connectivity index (χ2n) is 6.84. The van der Waals surface area contributed by atoms with E-state index in [2.05, 4.69) is 37.8 Å². The molecule has 0 aromatic carbocycles. The van der Waals surface area contributed by atoms with E-state index in [4.69, 9.17) is 0 Å². The third kappa shape index (κ3) is 4.61. The summed E-state index contributed by atoms with van der Waals surface area (Å²) in [6, 6.07) is 11.6. The SMILES string of the molecule is O=C(NCC1CCN(Cc2cccs2)CC1)c1cccc(-n2cccn2)n1. The molecule has 6 nitrogen and oxygen atoms in total. The van der Waals surface area contributed by atoms with Crippen molar-refractivity contribution in [1.82, 2.24) is 25.0 Å². The van der Waals surface area contributed by atoms with Gasteiger partial charge in [-0.25, -0.2) is 9.67 Å². The number of likely N-dealkylation sites (tertiary alicyclic amines) is 1. The molecule has 3 aromatic rings. The molecule has 0 radical (unpaired) electrons. The molecule has 1 aliphatic rings. The van der Waals surface area contributed by atoms with Crippen molar-refractivity contribution in [3.63, 3.8) is 0 Å². The van der Waals surface area contributed by atoms with E-state index in [0.717, 1.165) is 32.5 Å². The van der Waals surface area contributed by atoms with Crippen LogP contribution in [0.25, 0.3) is 5.82 Å². The van der Waals surface area contributed by atoms with Gasteiger partial charge in [-0.15, -0.1) is 11.3 Å². The summed E-state index contributed by atoms with van der Waals surface area (Å²) >= 11 is 1.82. The average molecular weight is 382 g/mol. The third-order valence-corrected chi connectivity index (χ3v) is 5.79. The number of piperidine rings is 1. The average Bonchev–Trinajstić information content (AvgIpc) is 3.41. The molecule has 0 bridgehead atoms. The summed E-state index contributed by atoms with van der Waals surface area (Å²) in [6.07, 6.45) is 5.74. The molecule has 4 rings (SSSR count). The Morgan fingerprint density at radius 3 is 2.81 bits per heavy atom. The van der Waals surface area contributed by atoms with Crippen LogP contribution in [0.3, 0.4) is 0 Å². The van der Waals surface area contributed by atoms with E-state index in [1.54, 1.807) is 16.9 Å². The van der Waals surface area contributed by atoms with Gasteiger partial charge in [-0.3, -0.25) is 9.69 Å². The molecule has 140 valence electrons. The fraction of sp³-hybridized carbons (Fsp3) is 0.350. The molecule has 3 aromatic heterocycles. The quantitative estimate of drug-likeness (QED) is 0.713. The van der Waals surface area contributed by atoms with Gasteiger partial charge in [0, 0.05) is 30.4 Å². The maximum absolute atomic E-state index is 12.5. The fourth-order valence-corrected chi connectivity index (χ4v) is 4.13. The normalized spacial score (nSPS) is 15.7. The molecule has 27 heavy (non-hydrogen) atoms. The van der Waals surface area contributed by atoms with Crippen molar-refractivity contribution in [2.24, 2.45) is 5.92 Å². The summed E-state index contributed by atoms with van der Waals surface area (Å²) in [5.74, 6) is 1.06. The number of carbonyl (C=O) groups is 1. The van der Waals surface area contributed by atoms with E-state index in [1.807, 2.05) is 35.7 Å². The van der Waals surface area contributed by atoms with Crippen molar-refractivity contribution in [3.05, 3.63) is 64.7 Å². The zero-order chi connectivity index (χ0) is 18.5. The smallest absolute Gasteiger partial charge is 0.269 e.